The summed E-state index contributed by atoms with van der Waals surface area (Å²) in [7, 11) is 0. The van der Waals surface area contributed by atoms with Gasteiger partial charge < -0.3 is 17.0 Å². The van der Waals surface area contributed by atoms with Crippen LogP contribution in [0.25, 0.3) is 0 Å². The van der Waals surface area contributed by atoms with Gasteiger partial charge in [-0.25, -0.2) is 0 Å². The van der Waals surface area contributed by atoms with Crippen LogP contribution < -0.4 is 17.0 Å². The Balaban J connectivity index is 0. The van der Waals surface area contributed by atoms with Crippen molar-refractivity contribution in [1.29, 1.82) is 0 Å². The molecule has 1 aromatic carbocycles. The Morgan fingerprint density at radius 1 is 1.12 bits per heavy atom. The first-order valence-corrected chi connectivity index (χ1v) is 6.51. The molecular weight excluding hydrogens is 292 g/mol. The third-order valence-corrected chi connectivity index (χ3v) is 3.24. The average Bonchev–Trinajstić information content (AvgIpc) is 2.25. The van der Waals surface area contributed by atoms with Crippen molar-refractivity contribution < 1.29 is 17.0 Å². The van der Waals surface area contributed by atoms with Crippen molar-refractivity contribution in [3.8, 4) is 0 Å². The SMILES string of the molecule is CCCCCCCSc1[c-]cccc1.[Br-].[Mg+2]. The van der Waals surface area contributed by atoms with E-state index >= 15 is 0 Å². The minimum atomic E-state index is 0. The van der Waals surface area contributed by atoms with E-state index in [0.717, 1.165) is 0 Å². The minimum Gasteiger partial charge on any atom is -1.00 e. The molecule has 0 heterocycles. The number of thioether (sulfide) groups is 1. The van der Waals surface area contributed by atoms with Crippen molar-refractivity contribution in [1.82, 2.24) is 0 Å². The summed E-state index contributed by atoms with van der Waals surface area (Å²) in [5.74, 6) is 1.24. The summed E-state index contributed by atoms with van der Waals surface area (Å²) in [6.45, 7) is 2.26. The van der Waals surface area contributed by atoms with Gasteiger partial charge in [0.05, 0.1) is 0 Å². The molecule has 0 aromatic heterocycles. The molecule has 0 bridgehead atoms. The molecule has 0 radical (unpaired) electrons. The van der Waals surface area contributed by atoms with Crippen LogP contribution in [0, 0.1) is 6.07 Å². The molecule has 0 atom stereocenters. The standard InChI is InChI=1S/C13H19S.BrH.Mg/c1-2-3-4-5-9-12-14-13-10-7-6-8-11-13;;/h6-8,10H,2-5,9,12H2,1H3;1H;/q-1;;+2/p-1. The Kier molecular flexibility index (Phi) is 16.6. The molecule has 3 heteroatoms. The Morgan fingerprint density at radius 3 is 2.50 bits per heavy atom. The van der Waals surface area contributed by atoms with Crippen LogP contribution in [0.1, 0.15) is 39.0 Å². The van der Waals surface area contributed by atoms with Gasteiger partial charge in [0.2, 0.25) is 0 Å². The van der Waals surface area contributed by atoms with Gasteiger partial charge in [0.25, 0.3) is 0 Å². The van der Waals surface area contributed by atoms with Gasteiger partial charge in [-0.15, -0.1) is 4.90 Å². The average molecular weight is 312 g/mol. The Labute approximate surface area is 131 Å². The summed E-state index contributed by atoms with van der Waals surface area (Å²) < 4.78 is 0. The zero-order valence-electron chi connectivity index (χ0n) is 10.0. The molecule has 86 valence electrons. The number of hydrogen-bond acceptors (Lipinski definition) is 1. The molecule has 0 amide bonds. The van der Waals surface area contributed by atoms with Gasteiger partial charge in [0, 0.05) is 0 Å². The van der Waals surface area contributed by atoms with Crippen LogP contribution in [-0.4, -0.2) is 28.8 Å². The van der Waals surface area contributed by atoms with E-state index < -0.39 is 0 Å². The van der Waals surface area contributed by atoms with Crippen LogP contribution >= 0.6 is 11.8 Å². The van der Waals surface area contributed by atoms with Crippen molar-refractivity contribution in [2.24, 2.45) is 0 Å². The van der Waals surface area contributed by atoms with E-state index in [1.165, 1.54) is 42.8 Å². The molecule has 0 N–H and O–H groups in total. The van der Waals surface area contributed by atoms with Gasteiger partial charge in [-0.3, -0.25) is 0 Å². The first kappa shape index (κ1) is 19.2. The van der Waals surface area contributed by atoms with Crippen molar-refractivity contribution in [2.45, 2.75) is 43.9 Å². The van der Waals surface area contributed by atoms with Crippen molar-refractivity contribution in [3.05, 3.63) is 30.3 Å². The summed E-state index contributed by atoms with van der Waals surface area (Å²) in [6.07, 6.45) is 6.85. The second kappa shape index (κ2) is 13.9. The summed E-state index contributed by atoms with van der Waals surface area (Å²) in [5.41, 5.74) is 0. The van der Waals surface area contributed by atoms with Gasteiger partial charge in [-0.2, -0.15) is 42.1 Å². The Bertz CT molecular complexity index is 229. The van der Waals surface area contributed by atoms with Gasteiger partial charge >= 0.3 is 23.1 Å². The fourth-order valence-corrected chi connectivity index (χ4v) is 2.25. The predicted molar refractivity (Wildman–Crippen MR) is 70.5 cm³/mol. The molecular formula is C13H19BrMgS. The van der Waals surface area contributed by atoms with E-state index in [0.29, 0.717) is 0 Å². The zero-order valence-corrected chi connectivity index (χ0v) is 13.9. The number of hydrogen-bond donors (Lipinski definition) is 0. The normalized spacial score (nSPS) is 9.06. The molecule has 0 aliphatic carbocycles. The van der Waals surface area contributed by atoms with Gasteiger partial charge in [-0.05, 0) is 12.2 Å². The summed E-state index contributed by atoms with van der Waals surface area (Å²) in [6, 6.07) is 11.5. The van der Waals surface area contributed by atoms with Crippen molar-refractivity contribution in [2.75, 3.05) is 5.75 Å². The van der Waals surface area contributed by atoms with Crippen molar-refractivity contribution >= 4 is 34.8 Å². The second-order valence-corrected chi connectivity index (χ2v) is 4.63. The second-order valence-electron chi connectivity index (χ2n) is 3.49. The van der Waals surface area contributed by atoms with Gasteiger partial charge in [-0.1, -0.05) is 32.6 Å². The molecule has 0 spiro atoms. The molecule has 0 saturated heterocycles. The minimum absolute atomic E-state index is 0. The maximum Gasteiger partial charge on any atom is 2.00 e. The van der Waals surface area contributed by atoms with Gasteiger partial charge in [0.15, 0.2) is 0 Å². The molecule has 0 fully saturated rings. The summed E-state index contributed by atoms with van der Waals surface area (Å²) >= 11 is 1.92. The number of rotatable bonds is 7. The van der Waals surface area contributed by atoms with E-state index in [-0.39, 0.29) is 40.0 Å². The smallest absolute Gasteiger partial charge is 1.00 e. The first-order chi connectivity index (χ1) is 6.93. The largest absolute Gasteiger partial charge is 2.00 e. The summed E-state index contributed by atoms with van der Waals surface area (Å²) in [5, 5.41) is 0. The number of benzene rings is 1. The van der Waals surface area contributed by atoms with E-state index in [4.69, 9.17) is 0 Å². The molecule has 0 aliphatic rings. The molecule has 0 unspecified atom stereocenters. The molecule has 1 rings (SSSR count). The third kappa shape index (κ3) is 10.0. The van der Waals surface area contributed by atoms with E-state index in [9.17, 15) is 0 Å². The predicted octanol–water partition coefficient (Wildman–Crippen LogP) is 1.17. The number of halogens is 1. The van der Waals surface area contributed by atoms with E-state index in [1.807, 2.05) is 23.9 Å². The van der Waals surface area contributed by atoms with Crippen LogP contribution in [0.2, 0.25) is 0 Å². The quantitative estimate of drug-likeness (QED) is 0.315. The molecule has 0 aliphatic heterocycles. The van der Waals surface area contributed by atoms with Crippen LogP contribution in [0.4, 0.5) is 0 Å². The molecule has 1 aromatic rings. The fourth-order valence-electron chi connectivity index (χ4n) is 1.35. The molecule has 0 nitrogen and oxygen atoms in total. The molecule has 16 heavy (non-hydrogen) atoms. The topological polar surface area (TPSA) is 0 Å². The van der Waals surface area contributed by atoms with E-state index in [1.54, 1.807) is 0 Å². The van der Waals surface area contributed by atoms with Crippen LogP contribution in [-0.2, 0) is 0 Å². The maximum atomic E-state index is 3.23. The van der Waals surface area contributed by atoms with Crippen LogP contribution in [0.15, 0.2) is 29.2 Å². The van der Waals surface area contributed by atoms with Crippen molar-refractivity contribution in [3.63, 3.8) is 0 Å². The van der Waals surface area contributed by atoms with Crippen LogP contribution in [0.3, 0.4) is 0 Å². The fraction of sp³-hybridized carbons (Fsp3) is 0.538. The summed E-state index contributed by atoms with van der Waals surface area (Å²) in [4.78, 5) is 1.28. The molecule has 0 saturated carbocycles. The maximum absolute atomic E-state index is 3.23. The van der Waals surface area contributed by atoms with E-state index in [2.05, 4.69) is 25.1 Å². The van der Waals surface area contributed by atoms with Gasteiger partial charge in [0.1, 0.15) is 0 Å². The monoisotopic (exact) mass is 310 g/mol. The first-order valence-electron chi connectivity index (χ1n) is 5.53. The third-order valence-electron chi connectivity index (χ3n) is 2.19. The van der Waals surface area contributed by atoms with Crippen LogP contribution in [0.5, 0.6) is 0 Å². The number of unbranched alkanes of at least 4 members (excludes halogenated alkanes) is 4. The Hall–Kier alpha value is 0.816. The zero-order chi connectivity index (χ0) is 10.1. The Morgan fingerprint density at radius 2 is 1.88 bits per heavy atom.